The summed E-state index contributed by atoms with van der Waals surface area (Å²) in [6.45, 7) is -0.117. The lowest BCUT2D eigenvalue weighted by molar-refractivity contribution is 0.285. The van der Waals surface area contributed by atoms with Crippen LogP contribution < -0.4 is 0 Å². The Bertz CT molecular complexity index is 380. The van der Waals surface area contributed by atoms with E-state index < -0.39 is 10.0 Å². The molecule has 1 rings (SSSR count). The summed E-state index contributed by atoms with van der Waals surface area (Å²) in [7, 11) is -0.378. The molecule has 13 heavy (non-hydrogen) atoms. The summed E-state index contributed by atoms with van der Waals surface area (Å²) in [5, 5.41) is 10.3. The van der Waals surface area contributed by atoms with Gasteiger partial charge < -0.3 is 5.11 Å². The Kier molecular flexibility index (Phi) is 3.07. The third-order valence-corrected chi connectivity index (χ3v) is 4.43. The highest BCUT2D eigenvalue weighted by atomic mass is 32.2. The highest BCUT2D eigenvalue weighted by Crippen LogP contribution is 2.20. The predicted octanol–water partition coefficient (Wildman–Crippen LogP) is 0.491. The van der Waals surface area contributed by atoms with Crippen LogP contribution in [-0.4, -0.2) is 31.9 Å². The standard InChI is InChI=1S/C7H11NO3S2/c1-8(2)13(10,11)7-3-6(4-9)12-5-7/h3,5,9H,4H2,1-2H3. The largest absolute Gasteiger partial charge is 0.391 e. The van der Waals surface area contributed by atoms with Gasteiger partial charge in [-0.2, -0.15) is 0 Å². The van der Waals surface area contributed by atoms with Gasteiger partial charge in [-0.15, -0.1) is 11.3 Å². The number of thiophene rings is 1. The summed E-state index contributed by atoms with van der Waals surface area (Å²) in [6, 6.07) is 1.49. The molecule has 0 radical (unpaired) electrons. The van der Waals surface area contributed by atoms with Gasteiger partial charge in [0.1, 0.15) is 0 Å². The molecule has 6 heteroatoms. The number of rotatable bonds is 3. The lowest BCUT2D eigenvalue weighted by Gasteiger charge is -2.08. The highest BCUT2D eigenvalue weighted by Gasteiger charge is 2.18. The molecule has 0 amide bonds. The maximum atomic E-state index is 11.5. The molecule has 74 valence electrons. The van der Waals surface area contributed by atoms with E-state index >= 15 is 0 Å². The van der Waals surface area contributed by atoms with Crippen LogP contribution in [0.2, 0.25) is 0 Å². The average molecular weight is 221 g/mol. The van der Waals surface area contributed by atoms with Crippen molar-refractivity contribution in [2.24, 2.45) is 0 Å². The van der Waals surface area contributed by atoms with Gasteiger partial charge in [0.25, 0.3) is 0 Å². The van der Waals surface area contributed by atoms with Crippen molar-refractivity contribution in [3.05, 3.63) is 16.3 Å². The second kappa shape index (κ2) is 3.75. The molecule has 0 atom stereocenters. The van der Waals surface area contributed by atoms with Crippen molar-refractivity contribution < 1.29 is 13.5 Å². The quantitative estimate of drug-likeness (QED) is 0.808. The summed E-state index contributed by atoms with van der Waals surface area (Å²) in [4.78, 5) is 0.895. The van der Waals surface area contributed by atoms with Crippen LogP contribution in [0.1, 0.15) is 4.88 Å². The van der Waals surface area contributed by atoms with Gasteiger partial charge >= 0.3 is 0 Å². The molecule has 0 aliphatic rings. The van der Waals surface area contributed by atoms with Crippen molar-refractivity contribution in [1.29, 1.82) is 0 Å². The fourth-order valence-electron chi connectivity index (χ4n) is 0.789. The molecule has 0 aliphatic heterocycles. The van der Waals surface area contributed by atoms with Gasteiger partial charge in [0.05, 0.1) is 11.5 Å². The normalized spacial score (nSPS) is 12.3. The van der Waals surface area contributed by atoms with Gasteiger partial charge in [0.15, 0.2) is 0 Å². The molecule has 0 aliphatic carbocycles. The molecule has 0 saturated heterocycles. The Morgan fingerprint density at radius 3 is 2.54 bits per heavy atom. The first kappa shape index (κ1) is 10.6. The molecule has 1 aromatic rings. The van der Waals surface area contributed by atoms with Crippen LogP contribution in [0.3, 0.4) is 0 Å². The van der Waals surface area contributed by atoms with E-state index in [4.69, 9.17) is 5.11 Å². The van der Waals surface area contributed by atoms with Crippen LogP contribution in [0, 0.1) is 0 Å². The fraction of sp³-hybridized carbons (Fsp3) is 0.429. The van der Waals surface area contributed by atoms with E-state index in [2.05, 4.69) is 0 Å². The number of nitrogens with zero attached hydrogens (tertiary/aromatic N) is 1. The van der Waals surface area contributed by atoms with Gasteiger partial charge in [-0.1, -0.05) is 0 Å². The van der Waals surface area contributed by atoms with Crippen LogP contribution in [0.15, 0.2) is 16.3 Å². The molecular weight excluding hydrogens is 210 g/mol. The van der Waals surface area contributed by atoms with Gasteiger partial charge in [0, 0.05) is 24.4 Å². The smallest absolute Gasteiger partial charge is 0.243 e. The Labute approximate surface area is 81.5 Å². The van der Waals surface area contributed by atoms with Crippen LogP contribution in [0.4, 0.5) is 0 Å². The third kappa shape index (κ3) is 2.08. The lowest BCUT2D eigenvalue weighted by atomic mass is 10.5. The average Bonchev–Trinajstić information content (AvgIpc) is 2.51. The van der Waals surface area contributed by atoms with Gasteiger partial charge in [-0.05, 0) is 6.07 Å². The zero-order chi connectivity index (χ0) is 10.1. The first-order chi connectivity index (χ1) is 5.98. The van der Waals surface area contributed by atoms with E-state index in [0.717, 1.165) is 4.31 Å². The van der Waals surface area contributed by atoms with Gasteiger partial charge in [-0.25, -0.2) is 12.7 Å². The maximum Gasteiger partial charge on any atom is 0.243 e. The molecule has 1 aromatic heterocycles. The van der Waals surface area contributed by atoms with Crippen LogP contribution in [0.25, 0.3) is 0 Å². The third-order valence-electron chi connectivity index (χ3n) is 1.56. The molecular formula is C7H11NO3S2. The molecule has 0 fully saturated rings. The SMILES string of the molecule is CN(C)S(=O)(=O)c1csc(CO)c1. The minimum atomic E-state index is -3.33. The first-order valence-corrected chi connectivity index (χ1v) is 5.91. The minimum Gasteiger partial charge on any atom is -0.391 e. The predicted molar refractivity (Wildman–Crippen MR) is 51.1 cm³/mol. The fourth-order valence-corrected chi connectivity index (χ4v) is 2.81. The highest BCUT2D eigenvalue weighted by molar-refractivity contribution is 7.89. The molecule has 1 N–H and O–H groups in total. The summed E-state index contributed by atoms with van der Waals surface area (Å²) in [5.74, 6) is 0. The van der Waals surface area contributed by atoms with E-state index in [-0.39, 0.29) is 11.5 Å². The molecule has 0 aromatic carbocycles. The summed E-state index contributed by atoms with van der Waals surface area (Å²) in [5.41, 5.74) is 0. The van der Waals surface area contributed by atoms with E-state index in [0.29, 0.717) is 4.88 Å². The molecule has 1 heterocycles. The Morgan fingerprint density at radius 1 is 1.54 bits per heavy atom. The van der Waals surface area contributed by atoms with Crippen molar-refractivity contribution in [3.63, 3.8) is 0 Å². The number of hydrogen-bond acceptors (Lipinski definition) is 4. The zero-order valence-electron chi connectivity index (χ0n) is 7.39. The number of aliphatic hydroxyl groups is 1. The summed E-state index contributed by atoms with van der Waals surface area (Å²) < 4.78 is 24.2. The minimum absolute atomic E-state index is 0.117. The van der Waals surface area contributed by atoms with Crippen molar-refractivity contribution in [3.8, 4) is 0 Å². The topological polar surface area (TPSA) is 57.6 Å². The van der Waals surface area contributed by atoms with E-state index in [1.54, 1.807) is 0 Å². The Balaban J connectivity index is 3.09. The number of hydrogen-bond donors (Lipinski definition) is 1. The van der Waals surface area contributed by atoms with E-state index in [9.17, 15) is 8.42 Å². The number of sulfonamides is 1. The van der Waals surface area contributed by atoms with E-state index in [1.165, 1.54) is 36.9 Å². The Hall–Kier alpha value is -0.430. The molecule has 0 spiro atoms. The zero-order valence-corrected chi connectivity index (χ0v) is 9.02. The van der Waals surface area contributed by atoms with Crippen molar-refractivity contribution >= 4 is 21.4 Å². The lowest BCUT2D eigenvalue weighted by Crippen LogP contribution is -2.21. The summed E-state index contributed by atoms with van der Waals surface area (Å²) in [6.07, 6.45) is 0. The van der Waals surface area contributed by atoms with Gasteiger partial charge in [-0.3, -0.25) is 0 Å². The van der Waals surface area contributed by atoms with Crippen LogP contribution in [-0.2, 0) is 16.6 Å². The van der Waals surface area contributed by atoms with Crippen molar-refractivity contribution in [2.45, 2.75) is 11.5 Å². The second-order valence-electron chi connectivity index (χ2n) is 2.69. The van der Waals surface area contributed by atoms with Crippen LogP contribution in [0.5, 0.6) is 0 Å². The molecule has 4 nitrogen and oxygen atoms in total. The molecule has 0 bridgehead atoms. The van der Waals surface area contributed by atoms with E-state index in [1.807, 2.05) is 0 Å². The second-order valence-corrected chi connectivity index (χ2v) is 5.84. The molecule has 0 saturated carbocycles. The van der Waals surface area contributed by atoms with Gasteiger partial charge in [0.2, 0.25) is 10.0 Å². The monoisotopic (exact) mass is 221 g/mol. The van der Waals surface area contributed by atoms with Crippen LogP contribution >= 0.6 is 11.3 Å². The number of aliphatic hydroxyl groups excluding tert-OH is 1. The van der Waals surface area contributed by atoms with Crippen molar-refractivity contribution in [2.75, 3.05) is 14.1 Å². The van der Waals surface area contributed by atoms with Crippen molar-refractivity contribution in [1.82, 2.24) is 4.31 Å². The Morgan fingerprint density at radius 2 is 2.15 bits per heavy atom. The molecule has 0 unspecified atom stereocenters. The summed E-state index contributed by atoms with van der Waals surface area (Å²) >= 11 is 1.24. The first-order valence-electron chi connectivity index (χ1n) is 3.59. The maximum absolute atomic E-state index is 11.5.